The van der Waals surface area contributed by atoms with Gasteiger partial charge in [-0.25, -0.2) is 0 Å². The van der Waals surface area contributed by atoms with Crippen molar-refractivity contribution in [1.82, 2.24) is 14.8 Å². The van der Waals surface area contributed by atoms with Crippen molar-refractivity contribution in [3.05, 3.63) is 30.1 Å². The van der Waals surface area contributed by atoms with Crippen LogP contribution in [0.25, 0.3) is 0 Å². The second kappa shape index (κ2) is 9.31. The lowest BCUT2D eigenvalue weighted by atomic mass is 9.99. The first kappa shape index (κ1) is 19.8. The Balaban J connectivity index is 1.66. The molecule has 0 aromatic carbocycles. The Labute approximate surface area is 162 Å². The van der Waals surface area contributed by atoms with Crippen molar-refractivity contribution in [3.63, 3.8) is 0 Å². The molecule has 0 N–H and O–H groups in total. The van der Waals surface area contributed by atoms with Crippen molar-refractivity contribution in [2.45, 2.75) is 58.6 Å². The van der Waals surface area contributed by atoms with Gasteiger partial charge in [-0.05, 0) is 37.4 Å². The highest BCUT2D eigenvalue weighted by Crippen LogP contribution is 2.23. The summed E-state index contributed by atoms with van der Waals surface area (Å²) in [5.41, 5.74) is 2.01. The average Bonchev–Trinajstić information content (AvgIpc) is 3.20. The maximum atomic E-state index is 13.3. The molecular formula is C21H32N4O2. The summed E-state index contributed by atoms with van der Waals surface area (Å²) in [4.78, 5) is 27.7. The molecule has 0 radical (unpaired) electrons. The number of carbonyl (C=O) groups is 1. The smallest absolute Gasteiger partial charge is 0.267 e. The summed E-state index contributed by atoms with van der Waals surface area (Å²) in [6.07, 6.45) is 4.77. The first-order valence-corrected chi connectivity index (χ1v) is 10.2. The van der Waals surface area contributed by atoms with Crippen molar-refractivity contribution < 1.29 is 9.63 Å². The normalized spacial score (nSPS) is 21.2. The molecule has 0 bridgehead atoms. The van der Waals surface area contributed by atoms with E-state index in [0.29, 0.717) is 18.9 Å². The highest BCUT2D eigenvalue weighted by atomic mass is 16.6. The third-order valence-electron chi connectivity index (χ3n) is 5.70. The minimum atomic E-state index is -0.463. The van der Waals surface area contributed by atoms with E-state index >= 15 is 0 Å². The Hall–Kier alpha value is -1.95. The SMILES string of the molecule is CCN1CCC(N(CCc2ccccn2)C(=O)C2CC(C(C)C)=NO2)CC1. The third-order valence-corrected chi connectivity index (χ3v) is 5.70. The maximum absolute atomic E-state index is 13.3. The van der Waals surface area contributed by atoms with Crippen LogP contribution < -0.4 is 0 Å². The van der Waals surface area contributed by atoms with E-state index in [0.717, 1.165) is 50.3 Å². The largest absolute Gasteiger partial charge is 0.382 e. The highest BCUT2D eigenvalue weighted by Gasteiger charge is 2.36. The van der Waals surface area contributed by atoms with Crippen LogP contribution in [0.3, 0.4) is 0 Å². The van der Waals surface area contributed by atoms with Gasteiger partial charge in [0.1, 0.15) is 0 Å². The lowest BCUT2D eigenvalue weighted by Crippen LogP contribution is -2.51. The van der Waals surface area contributed by atoms with Crippen LogP contribution in [0.15, 0.2) is 29.6 Å². The zero-order chi connectivity index (χ0) is 19.2. The molecule has 6 heteroatoms. The summed E-state index contributed by atoms with van der Waals surface area (Å²) in [5, 5.41) is 4.16. The number of pyridine rings is 1. The molecule has 148 valence electrons. The minimum Gasteiger partial charge on any atom is -0.382 e. The Morgan fingerprint density at radius 2 is 2.11 bits per heavy atom. The zero-order valence-electron chi connectivity index (χ0n) is 16.8. The predicted molar refractivity (Wildman–Crippen MR) is 107 cm³/mol. The first-order valence-electron chi connectivity index (χ1n) is 10.2. The van der Waals surface area contributed by atoms with E-state index in [4.69, 9.17) is 4.84 Å². The molecule has 0 spiro atoms. The zero-order valence-corrected chi connectivity index (χ0v) is 16.8. The predicted octanol–water partition coefficient (Wildman–Crippen LogP) is 2.74. The number of hydrogen-bond acceptors (Lipinski definition) is 5. The van der Waals surface area contributed by atoms with Crippen molar-refractivity contribution in [2.75, 3.05) is 26.2 Å². The molecule has 2 aliphatic heterocycles. The molecule has 1 amide bonds. The standard InChI is InChI=1S/C21H32N4O2/c1-4-24-12-9-18(10-13-24)25(14-8-17-7-5-6-11-22-17)21(26)20-15-19(16(2)3)23-27-20/h5-7,11,16,18,20H,4,8-10,12-15H2,1-3H3. The summed E-state index contributed by atoms with van der Waals surface area (Å²) in [7, 11) is 0. The van der Waals surface area contributed by atoms with Gasteiger partial charge in [-0.2, -0.15) is 0 Å². The molecule has 0 aliphatic carbocycles. The molecule has 0 saturated carbocycles. The van der Waals surface area contributed by atoms with E-state index in [-0.39, 0.29) is 11.9 Å². The van der Waals surface area contributed by atoms with Gasteiger partial charge in [-0.1, -0.05) is 32.0 Å². The monoisotopic (exact) mass is 372 g/mol. The topological polar surface area (TPSA) is 58.0 Å². The Morgan fingerprint density at radius 1 is 1.33 bits per heavy atom. The van der Waals surface area contributed by atoms with Crippen molar-refractivity contribution in [2.24, 2.45) is 11.1 Å². The number of rotatable bonds is 7. The molecule has 1 unspecified atom stereocenters. The molecule has 1 saturated heterocycles. The summed E-state index contributed by atoms with van der Waals surface area (Å²) < 4.78 is 0. The third kappa shape index (κ3) is 5.06. The molecule has 2 aliphatic rings. The van der Waals surface area contributed by atoms with Crippen LogP contribution in [0.4, 0.5) is 0 Å². The van der Waals surface area contributed by atoms with Crippen LogP contribution in [-0.2, 0) is 16.1 Å². The second-order valence-corrected chi connectivity index (χ2v) is 7.80. The Morgan fingerprint density at radius 3 is 2.70 bits per heavy atom. The van der Waals surface area contributed by atoms with Crippen LogP contribution in [0.1, 0.15) is 45.7 Å². The van der Waals surface area contributed by atoms with Crippen molar-refractivity contribution in [3.8, 4) is 0 Å². The number of oxime groups is 1. The summed E-state index contributed by atoms with van der Waals surface area (Å²) >= 11 is 0. The first-order chi connectivity index (χ1) is 13.1. The molecule has 6 nitrogen and oxygen atoms in total. The minimum absolute atomic E-state index is 0.0836. The quantitative estimate of drug-likeness (QED) is 0.738. The van der Waals surface area contributed by atoms with Crippen LogP contribution in [0, 0.1) is 5.92 Å². The molecule has 1 aromatic rings. The van der Waals surface area contributed by atoms with E-state index < -0.39 is 6.10 Å². The van der Waals surface area contributed by atoms with E-state index in [1.165, 1.54) is 0 Å². The number of nitrogens with zero attached hydrogens (tertiary/aromatic N) is 4. The molecule has 3 heterocycles. The summed E-state index contributed by atoms with van der Waals surface area (Å²) in [6.45, 7) is 10.2. The number of hydrogen-bond donors (Lipinski definition) is 0. The van der Waals surface area contributed by atoms with Crippen molar-refractivity contribution in [1.29, 1.82) is 0 Å². The van der Waals surface area contributed by atoms with Crippen LogP contribution >= 0.6 is 0 Å². The van der Waals surface area contributed by atoms with Gasteiger partial charge in [0.15, 0.2) is 0 Å². The Bertz CT molecular complexity index is 639. The van der Waals surface area contributed by atoms with Gasteiger partial charge in [-0.15, -0.1) is 0 Å². The fourth-order valence-corrected chi connectivity index (χ4v) is 3.86. The van der Waals surface area contributed by atoms with Crippen LogP contribution in [-0.4, -0.2) is 64.7 Å². The number of aromatic nitrogens is 1. The molecule has 27 heavy (non-hydrogen) atoms. The van der Waals surface area contributed by atoms with Crippen LogP contribution in [0.5, 0.6) is 0 Å². The number of piperidine rings is 1. The van der Waals surface area contributed by atoms with E-state index in [1.807, 2.05) is 29.3 Å². The van der Waals surface area contributed by atoms with Gasteiger partial charge >= 0.3 is 0 Å². The number of likely N-dealkylation sites (tertiary alicyclic amines) is 1. The molecule has 1 fully saturated rings. The lowest BCUT2D eigenvalue weighted by molar-refractivity contribution is -0.145. The second-order valence-electron chi connectivity index (χ2n) is 7.80. The molecule has 1 atom stereocenters. The van der Waals surface area contributed by atoms with Gasteiger partial charge in [0, 0.05) is 50.4 Å². The van der Waals surface area contributed by atoms with E-state index in [1.54, 1.807) is 0 Å². The number of amides is 1. The maximum Gasteiger partial charge on any atom is 0.267 e. The fourth-order valence-electron chi connectivity index (χ4n) is 3.86. The van der Waals surface area contributed by atoms with E-state index in [9.17, 15) is 4.79 Å². The number of carbonyl (C=O) groups excluding carboxylic acids is 1. The van der Waals surface area contributed by atoms with Gasteiger partial charge < -0.3 is 14.6 Å². The van der Waals surface area contributed by atoms with Gasteiger partial charge in [0.05, 0.1) is 5.71 Å². The molecular weight excluding hydrogens is 340 g/mol. The van der Waals surface area contributed by atoms with Crippen molar-refractivity contribution >= 4 is 11.6 Å². The van der Waals surface area contributed by atoms with Gasteiger partial charge in [-0.3, -0.25) is 9.78 Å². The summed E-state index contributed by atoms with van der Waals surface area (Å²) in [6, 6.07) is 6.21. The van der Waals surface area contributed by atoms with Crippen LogP contribution in [0.2, 0.25) is 0 Å². The molecule has 1 aromatic heterocycles. The summed E-state index contributed by atoms with van der Waals surface area (Å²) in [5.74, 6) is 0.401. The van der Waals surface area contributed by atoms with E-state index in [2.05, 4.69) is 35.8 Å². The fraction of sp³-hybridized carbons (Fsp3) is 0.667. The average molecular weight is 373 g/mol. The highest BCUT2D eigenvalue weighted by molar-refractivity contribution is 5.93. The van der Waals surface area contributed by atoms with Gasteiger partial charge in [0.2, 0.25) is 6.10 Å². The van der Waals surface area contributed by atoms with Gasteiger partial charge in [0.25, 0.3) is 5.91 Å². The lowest BCUT2D eigenvalue weighted by Gasteiger charge is -2.39. The Kier molecular flexibility index (Phi) is 6.83. The molecule has 3 rings (SSSR count).